The Hall–Kier alpha value is -1.68. The van der Waals surface area contributed by atoms with Gasteiger partial charge in [-0.15, -0.1) is 0 Å². The van der Waals surface area contributed by atoms with E-state index in [1.807, 2.05) is 24.3 Å². The van der Waals surface area contributed by atoms with E-state index in [4.69, 9.17) is 9.38 Å². The van der Waals surface area contributed by atoms with Gasteiger partial charge in [-0.05, 0) is 60.7 Å². The van der Waals surface area contributed by atoms with Gasteiger partial charge in [0.05, 0.1) is 11.6 Å². The summed E-state index contributed by atoms with van der Waals surface area (Å²) in [6, 6.07) is 19.9. The lowest BCUT2D eigenvalue weighted by molar-refractivity contribution is 0.552. The molecule has 0 radical (unpaired) electrons. The molecule has 2 nitrogen and oxygen atoms in total. The second-order valence-electron chi connectivity index (χ2n) is 7.39. The van der Waals surface area contributed by atoms with Crippen LogP contribution in [0.1, 0.15) is 18.9 Å². The average Bonchev–Trinajstić information content (AvgIpc) is 2.54. The molecule has 2 rings (SSSR count). The molecule has 0 saturated heterocycles. The summed E-state index contributed by atoms with van der Waals surface area (Å²) < 4.78 is 6.67. The summed E-state index contributed by atoms with van der Waals surface area (Å²) in [4.78, 5) is 0. The molecule has 24 heavy (non-hydrogen) atoms. The first-order valence-corrected chi connectivity index (χ1v) is 14.6. The largest absolute Gasteiger partial charge is 0.452 e. The van der Waals surface area contributed by atoms with E-state index in [-0.39, 0.29) is 0 Å². The van der Waals surface area contributed by atoms with E-state index >= 15 is 0 Å². The predicted octanol–water partition coefficient (Wildman–Crippen LogP) is 5.27. The van der Waals surface area contributed by atoms with Gasteiger partial charge in [0.1, 0.15) is 0 Å². The van der Waals surface area contributed by atoms with Crippen LogP contribution >= 0.6 is 0 Å². The second kappa shape index (κ2) is 7.48. The molecular formula is C20H27NOSi2. The summed E-state index contributed by atoms with van der Waals surface area (Å²) >= 11 is 0. The van der Waals surface area contributed by atoms with Gasteiger partial charge in [0.15, 0.2) is 8.32 Å². The van der Waals surface area contributed by atoms with Crippen molar-refractivity contribution in [2.45, 2.75) is 45.6 Å². The van der Waals surface area contributed by atoms with Crippen molar-refractivity contribution in [1.82, 2.24) is 0 Å². The molecule has 0 saturated carbocycles. The molecule has 0 N–H and O–H groups in total. The zero-order valence-electron chi connectivity index (χ0n) is 15.4. The first-order chi connectivity index (χ1) is 11.3. The number of benzene rings is 2. The van der Waals surface area contributed by atoms with Gasteiger partial charge >= 0.3 is 0 Å². The van der Waals surface area contributed by atoms with E-state index in [1.165, 1.54) is 23.2 Å². The minimum absolute atomic E-state index is 0.695. The van der Waals surface area contributed by atoms with Gasteiger partial charge in [0.2, 0.25) is 8.32 Å². The van der Waals surface area contributed by atoms with Crippen LogP contribution in [-0.2, 0) is 4.12 Å². The van der Waals surface area contributed by atoms with Crippen molar-refractivity contribution < 1.29 is 4.12 Å². The van der Waals surface area contributed by atoms with Crippen LogP contribution < -0.4 is 5.19 Å². The fraction of sp³-hybridized carbons (Fsp3) is 0.350. The minimum atomic E-state index is -1.87. The summed E-state index contributed by atoms with van der Waals surface area (Å²) in [6.45, 7) is 11.5. The van der Waals surface area contributed by atoms with Gasteiger partial charge in [-0.25, -0.2) is 0 Å². The molecule has 126 valence electrons. The van der Waals surface area contributed by atoms with Crippen LogP contribution in [-0.4, -0.2) is 16.6 Å². The molecule has 0 amide bonds. The van der Waals surface area contributed by atoms with Crippen LogP contribution in [0.2, 0.25) is 32.2 Å². The quantitative estimate of drug-likeness (QED) is 0.663. The van der Waals surface area contributed by atoms with Crippen molar-refractivity contribution in [3.05, 3.63) is 54.1 Å². The Morgan fingerprint density at radius 2 is 1.38 bits per heavy atom. The first kappa shape index (κ1) is 18.7. The Bertz CT molecular complexity index is 713. The van der Waals surface area contributed by atoms with Gasteiger partial charge < -0.3 is 4.12 Å². The molecule has 0 aromatic heterocycles. The molecule has 2 aromatic rings. The highest BCUT2D eigenvalue weighted by Gasteiger charge is 2.33. The molecule has 0 heterocycles. The zero-order chi connectivity index (χ0) is 17.8. The summed E-state index contributed by atoms with van der Waals surface area (Å²) in [5.74, 6) is 0. The molecule has 0 unspecified atom stereocenters. The van der Waals surface area contributed by atoms with Crippen LogP contribution in [0, 0.1) is 11.3 Å². The Labute approximate surface area is 148 Å². The molecule has 0 aliphatic rings. The SMILES string of the molecule is CCC[Si](C)(C)O[Si](C)(C)c1ccc(-c2ccc(C#N)cc2)cc1. The number of nitrogens with zero attached hydrogens (tertiary/aromatic N) is 1. The van der Waals surface area contributed by atoms with Crippen LogP contribution in [0.4, 0.5) is 0 Å². The van der Waals surface area contributed by atoms with Crippen LogP contribution in [0.15, 0.2) is 48.5 Å². The molecule has 0 aliphatic carbocycles. The smallest absolute Gasteiger partial charge is 0.205 e. The van der Waals surface area contributed by atoms with E-state index < -0.39 is 16.6 Å². The summed E-state index contributed by atoms with van der Waals surface area (Å²) in [5, 5.41) is 10.2. The number of rotatable bonds is 6. The maximum atomic E-state index is 8.90. The third-order valence-corrected chi connectivity index (χ3v) is 12.0. The topological polar surface area (TPSA) is 33.0 Å². The van der Waals surface area contributed by atoms with Crippen molar-refractivity contribution in [3.63, 3.8) is 0 Å². The van der Waals surface area contributed by atoms with Gasteiger partial charge in [-0.2, -0.15) is 5.26 Å². The monoisotopic (exact) mass is 353 g/mol. The van der Waals surface area contributed by atoms with Gasteiger partial charge in [0, 0.05) is 0 Å². The number of nitriles is 1. The molecule has 0 aliphatic heterocycles. The Morgan fingerprint density at radius 1 is 0.875 bits per heavy atom. The van der Waals surface area contributed by atoms with Crippen LogP contribution in [0.5, 0.6) is 0 Å². The van der Waals surface area contributed by atoms with Crippen molar-refractivity contribution >= 4 is 21.8 Å². The normalized spacial score (nSPS) is 12.0. The van der Waals surface area contributed by atoms with Crippen molar-refractivity contribution in [2.24, 2.45) is 0 Å². The van der Waals surface area contributed by atoms with E-state index in [2.05, 4.69) is 63.4 Å². The van der Waals surface area contributed by atoms with Gasteiger partial charge in [-0.3, -0.25) is 0 Å². The van der Waals surface area contributed by atoms with Crippen molar-refractivity contribution in [3.8, 4) is 17.2 Å². The van der Waals surface area contributed by atoms with Gasteiger partial charge in [0.25, 0.3) is 0 Å². The molecular weight excluding hydrogens is 326 g/mol. The molecule has 0 atom stereocenters. The second-order valence-corrected chi connectivity index (χ2v) is 15.8. The number of hydrogen-bond donors (Lipinski definition) is 0. The Morgan fingerprint density at radius 3 is 1.83 bits per heavy atom. The third kappa shape index (κ3) is 4.67. The maximum Gasteiger partial charge on any atom is 0.205 e. The fourth-order valence-corrected chi connectivity index (χ4v) is 11.8. The lowest BCUT2D eigenvalue weighted by Gasteiger charge is -2.34. The Balaban J connectivity index is 2.20. The molecule has 4 heteroatoms. The standard InChI is InChI=1S/C20H27NOSi2/c1-6-15-23(2,3)22-24(4,5)20-13-11-19(12-14-20)18-9-7-17(16-21)8-10-18/h7-14H,6,15H2,1-5H3. The molecule has 0 fully saturated rings. The van der Waals surface area contributed by atoms with E-state index in [9.17, 15) is 0 Å². The van der Waals surface area contributed by atoms with Crippen molar-refractivity contribution in [1.29, 1.82) is 5.26 Å². The highest BCUT2D eigenvalue weighted by atomic mass is 28.4. The summed E-state index contributed by atoms with van der Waals surface area (Å²) in [5.41, 5.74) is 3.01. The molecule has 2 aromatic carbocycles. The molecule has 0 bridgehead atoms. The molecule has 0 spiro atoms. The third-order valence-electron chi connectivity index (χ3n) is 4.31. The maximum absolute atomic E-state index is 8.90. The lowest BCUT2D eigenvalue weighted by Crippen LogP contribution is -2.52. The summed E-state index contributed by atoms with van der Waals surface area (Å²) in [6.07, 6.45) is 1.20. The lowest BCUT2D eigenvalue weighted by atomic mass is 10.0. The highest BCUT2D eigenvalue weighted by molar-refractivity contribution is 6.92. The van der Waals surface area contributed by atoms with Crippen LogP contribution in [0.25, 0.3) is 11.1 Å². The zero-order valence-corrected chi connectivity index (χ0v) is 17.4. The predicted molar refractivity (Wildman–Crippen MR) is 107 cm³/mol. The minimum Gasteiger partial charge on any atom is -0.452 e. The van der Waals surface area contributed by atoms with Crippen molar-refractivity contribution in [2.75, 3.05) is 0 Å². The summed E-state index contributed by atoms with van der Waals surface area (Å²) in [7, 11) is -3.45. The first-order valence-electron chi connectivity index (χ1n) is 8.59. The van der Waals surface area contributed by atoms with E-state index in [0.29, 0.717) is 5.56 Å². The average molecular weight is 354 g/mol. The van der Waals surface area contributed by atoms with Gasteiger partial charge in [-0.1, -0.05) is 49.7 Å². The van der Waals surface area contributed by atoms with Crippen LogP contribution in [0.3, 0.4) is 0 Å². The highest BCUT2D eigenvalue weighted by Crippen LogP contribution is 2.22. The van der Waals surface area contributed by atoms with E-state index in [1.54, 1.807) is 0 Å². The van der Waals surface area contributed by atoms with E-state index in [0.717, 1.165) is 5.56 Å². The number of hydrogen-bond acceptors (Lipinski definition) is 2. The Kier molecular flexibility index (Phi) is 5.81. The fourth-order valence-electron chi connectivity index (χ4n) is 3.20.